The summed E-state index contributed by atoms with van der Waals surface area (Å²) in [5.41, 5.74) is 2.08. The van der Waals surface area contributed by atoms with E-state index >= 15 is 0 Å². The molecule has 1 atom stereocenters. The zero-order valence-electron chi connectivity index (χ0n) is 16.2. The van der Waals surface area contributed by atoms with Gasteiger partial charge in [0, 0.05) is 12.2 Å². The number of nitrogens with one attached hydrogen (secondary N) is 2. The molecule has 2 aromatic carbocycles. The molecule has 2 amide bonds. The fourth-order valence-electron chi connectivity index (χ4n) is 2.40. The lowest BCUT2D eigenvalue weighted by Gasteiger charge is -2.14. The van der Waals surface area contributed by atoms with Gasteiger partial charge in [0.25, 0.3) is 11.8 Å². The number of carbonyl (C=O) groups excluding carboxylic acids is 3. The second kappa shape index (κ2) is 10.1. The van der Waals surface area contributed by atoms with Crippen LogP contribution in [0.15, 0.2) is 48.5 Å². The highest BCUT2D eigenvalue weighted by atomic mass is 16.5. The second-order valence-corrected chi connectivity index (χ2v) is 6.19. The lowest BCUT2D eigenvalue weighted by Crippen LogP contribution is -2.32. The van der Waals surface area contributed by atoms with Crippen LogP contribution in [0, 0.1) is 6.92 Å². The molecule has 148 valence electrons. The van der Waals surface area contributed by atoms with E-state index in [0.29, 0.717) is 17.0 Å². The summed E-state index contributed by atoms with van der Waals surface area (Å²) in [6.07, 6.45) is -0.998. The Kier molecular flexibility index (Phi) is 7.56. The van der Waals surface area contributed by atoms with Gasteiger partial charge in [-0.3, -0.25) is 14.4 Å². The number of rotatable bonds is 8. The molecule has 0 saturated carbocycles. The first-order valence-electron chi connectivity index (χ1n) is 8.89. The molecular weight excluding hydrogens is 360 g/mol. The SMILES string of the molecule is COc1ccccc1C(=O)NCCC(=O)O[C@H](C)C(=O)Nc1ccc(C)cc1. The highest BCUT2D eigenvalue weighted by molar-refractivity contribution is 5.97. The summed E-state index contributed by atoms with van der Waals surface area (Å²) in [5, 5.41) is 5.31. The van der Waals surface area contributed by atoms with Gasteiger partial charge in [-0.15, -0.1) is 0 Å². The maximum atomic E-state index is 12.2. The van der Waals surface area contributed by atoms with Crippen molar-refractivity contribution in [2.24, 2.45) is 0 Å². The maximum absolute atomic E-state index is 12.2. The third-order valence-corrected chi connectivity index (χ3v) is 3.96. The summed E-state index contributed by atoms with van der Waals surface area (Å²) in [4.78, 5) is 36.2. The molecule has 28 heavy (non-hydrogen) atoms. The molecular formula is C21H24N2O5. The van der Waals surface area contributed by atoms with Crippen LogP contribution in [0.4, 0.5) is 5.69 Å². The molecule has 0 aromatic heterocycles. The van der Waals surface area contributed by atoms with Gasteiger partial charge in [-0.05, 0) is 38.1 Å². The highest BCUT2D eigenvalue weighted by Crippen LogP contribution is 2.16. The molecule has 0 fully saturated rings. The molecule has 2 aromatic rings. The Morgan fingerprint density at radius 1 is 1.04 bits per heavy atom. The summed E-state index contributed by atoms with van der Waals surface area (Å²) in [6, 6.07) is 14.1. The first-order chi connectivity index (χ1) is 13.4. The Morgan fingerprint density at radius 2 is 1.71 bits per heavy atom. The molecule has 2 rings (SSSR count). The van der Waals surface area contributed by atoms with Gasteiger partial charge in [0.2, 0.25) is 0 Å². The Bertz CT molecular complexity index is 833. The number of benzene rings is 2. The van der Waals surface area contributed by atoms with Crippen molar-refractivity contribution in [2.75, 3.05) is 19.0 Å². The van der Waals surface area contributed by atoms with E-state index in [1.54, 1.807) is 36.4 Å². The van der Waals surface area contributed by atoms with E-state index in [1.165, 1.54) is 14.0 Å². The second-order valence-electron chi connectivity index (χ2n) is 6.19. The van der Waals surface area contributed by atoms with Crippen LogP contribution in [0.25, 0.3) is 0 Å². The summed E-state index contributed by atoms with van der Waals surface area (Å²) in [5.74, 6) is -0.901. The summed E-state index contributed by atoms with van der Waals surface area (Å²) < 4.78 is 10.2. The zero-order valence-corrected chi connectivity index (χ0v) is 16.2. The van der Waals surface area contributed by atoms with Gasteiger partial charge in [0.15, 0.2) is 6.10 Å². The van der Waals surface area contributed by atoms with Gasteiger partial charge in [0.05, 0.1) is 19.1 Å². The number of methoxy groups -OCH3 is 1. The molecule has 2 N–H and O–H groups in total. The Morgan fingerprint density at radius 3 is 2.39 bits per heavy atom. The number of amides is 2. The molecule has 0 spiro atoms. The van der Waals surface area contributed by atoms with Crippen molar-refractivity contribution in [2.45, 2.75) is 26.4 Å². The van der Waals surface area contributed by atoms with E-state index in [9.17, 15) is 14.4 Å². The molecule has 0 aliphatic rings. The molecule has 0 aliphatic carbocycles. The van der Waals surface area contributed by atoms with Gasteiger partial charge in [-0.1, -0.05) is 29.8 Å². The van der Waals surface area contributed by atoms with Crippen molar-refractivity contribution >= 4 is 23.5 Å². The highest BCUT2D eigenvalue weighted by Gasteiger charge is 2.18. The van der Waals surface area contributed by atoms with Crippen LogP contribution in [0.1, 0.15) is 29.3 Å². The average Bonchev–Trinajstić information content (AvgIpc) is 2.69. The quantitative estimate of drug-likeness (QED) is 0.683. The Labute approximate surface area is 164 Å². The van der Waals surface area contributed by atoms with Crippen LogP contribution >= 0.6 is 0 Å². The van der Waals surface area contributed by atoms with E-state index < -0.39 is 18.0 Å². The molecule has 0 radical (unpaired) electrons. The molecule has 0 saturated heterocycles. The van der Waals surface area contributed by atoms with Gasteiger partial charge in [-0.2, -0.15) is 0 Å². The fourth-order valence-corrected chi connectivity index (χ4v) is 2.40. The number of hydrogen-bond donors (Lipinski definition) is 2. The topological polar surface area (TPSA) is 93.7 Å². The van der Waals surface area contributed by atoms with E-state index in [-0.39, 0.29) is 18.9 Å². The third kappa shape index (κ3) is 6.12. The fraction of sp³-hybridized carbons (Fsp3) is 0.286. The van der Waals surface area contributed by atoms with Gasteiger partial charge in [0.1, 0.15) is 5.75 Å². The predicted octanol–water partition coefficient (Wildman–Crippen LogP) is 2.69. The monoisotopic (exact) mass is 384 g/mol. The number of anilines is 1. The standard InChI is InChI=1S/C21H24N2O5/c1-14-8-10-16(11-9-14)23-20(25)15(2)28-19(24)12-13-22-21(26)17-6-4-5-7-18(17)27-3/h4-11,15H,12-13H2,1-3H3,(H,22,26)(H,23,25)/t15-/m1/s1. The van der Waals surface area contributed by atoms with Crippen LogP contribution in [0.5, 0.6) is 5.75 Å². The molecule has 7 nitrogen and oxygen atoms in total. The molecule has 0 aliphatic heterocycles. The van der Waals surface area contributed by atoms with E-state index in [1.807, 2.05) is 19.1 Å². The van der Waals surface area contributed by atoms with Gasteiger partial charge in [-0.25, -0.2) is 0 Å². The van der Waals surface area contributed by atoms with Crippen LogP contribution < -0.4 is 15.4 Å². The first-order valence-corrected chi connectivity index (χ1v) is 8.89. The summed E-state index contributed by atoms with van der Waals surface area (Å²) in [6.45, 7) is 3.53. The van der Waals surface area contributed by atoms with Crippen molar-refractivity contribution in [1.82, 2.24) is 5.32 Å². The minimum absolute atomic E-state index is 0.0525. The number of carbonyl (C=O) groups is 3. The van der Waals surface area contributed by atoms with Crippen molar-refractivity contribution in [3.05, 3.63) is 59.7 Å². The number of hydrogen-bond acceptors (Lipinski definition) is 5. The van der Waals surface area contributed by atoms with Gasteiger partial charge >= 0.3 is 5.97 Å². The minimum atomic E-state index is -0.946. The van der Waals surface area contributed by atoms with E-state index in [4.69, 9.17) is 9.47 Å². The Hall–Kier alpha value is -3.35. The molecule has 0 heterocycles. The minimum Gasteiger partial charge on any atom is -0.496 e. The number of esters is 1. The van der Waals surface area contributed by atoms with Crippen LogP contribution in [0.2, 0.25) is 0 Å². The molecule has 7 heteroatoms. The molecule has 0 unspecified atom stereocenters. The Balaban J connectivity index is 1.76. The van der Waals surface area contributed by atoms with Crippen molar-refractivity contribution < 1.29 is 23.9 Å². The van der Waals surface area contributed by atoms with E-state index in [0.717, 1.165) is 5.56 Å². The van der Waals surface area contributed by atoms with E-state index in [2.05, 4.69) is 10.6 Å². The van der Waals surface area contributed by atoms with Gasteiger partial charge < -0.3 is 20.1 Å². The molecule has 0 bridgehead atoms. The predicted molar refractivity (Wildman–Crippen MR) is 105 cm³/mol. The lowest BCUT2D eigenvalue weighted by atomic mass is 10.2. The third-order valence-electron chi connectivity index (χ3n) is 3.96. The largest absolute Gasteiger partial charge is 0.496 e. The van der Waals surface area contributed by atoms with Crippen molar-refractivity contribution in [1.29, 1.82) is 0 Å². The smallest absolute Gasteiger partial charge is 0.308 e. The summed E-state index contributed by atoms with van der Waals surface area (Å²) in [7, 11) is 1.48. The van der Waals surface area contributed by atoms with Crippen LogP contribution in [-0.2, 0) is 14.3 Å². The van der Waals surface area contributed by atoms with Crippen LogP contribution in [0.3, 0.4) is 0 Å². The number of aryl methyl sites for hydroxylation is 1. The van der Waals surface area contributed by atoms with Crippen molar-refractivity contribution in [3.8, 4) is 5.75 Å². The van der Waals surface area contributed by atoms with Crippen molar-refractivity contribution in [3.63, 3.8) is 0 Å². The lowest BCUT2D eigenvalue weighted by molar-refractivity contribution is -0.153. The first kappa shape index (κ1) is 21.0. The van der Waals surface area contributed by atoms with Crippen LogP contribution in [-0.4, -0.2) is 37.5 Å². The average molecular weight is 384 g/mol. The number of ether oxygens (including phenoxy) is 2. The number of para-hydroxylation sites is 1. The zero-order chi connectivity index (χ0) is 20.5. The normalized spacial score (nSPS) is 11.2. The maximum Gasteiger partial charge on any atom is 0.308 e. The summed E-state index contributed by atoms with van der Waals surface area (Å²) >= 11 is 0.